The van der Waals surface area contributed by atoms with Crippen molar-refractivity contribution in [2.24, 2.45) is 0 Å². The second-order valence-electron chi connectivity index (χ2n) is 5.43. The molecule has 0 aliphatic heterocycles. The molecule has 1 heteroatoms. The monoisotopic (exact) mass is 289 g/mol. The maximum atomic E-state index is 4.24. The summed E-state index contributed by atoms with van der Waals surface area (Å²) in [5.41, 5.74) is 7.09. The summed E-state index contributed by atoms with van der Waals surface area (Å²) in [6.07, 6.45) is 6.08. The van der Waals surface area contributed by atoms with Crippen LogP contribution in [0, 0.1) is 6.92 Å². The highest BCUT2D eigenvalue weighted by Gasteiger charge is 2.04. The molecule has 0 radical (unpaired) electrons. The fraction of sp³-hybridized carbons (Fsp3) is 0.143. The predicted octanol–water partition coefficient (Wildman–Crippen LogP) is 5.35. The molecule has 0 aliphatic rings. The van der Waals surface area contributed by atoms with Gasteiger partial charge in [-0.05, 0) is 65.6 Å². The van der Waals surface area contributed by atoms with Crippen molar-refractivity contribution in [3.8, 4) is 11.1 Å². The molecule has 0 saturated heterocycles. The SMILES string of the molecule is C=C(/C=C(C)\C=C/NC)c1cc(-c2ccccc2)ccc1C. The standard InChI is InChI=1S/C21H23N/c1-16(12-13-22-4)14-18(3)21-15-20(11-10-17(21)2)19-8-6-5-7-9-19/h5-15,22H,3H2,1-2,4H3/b13-12-,16-14-. The lowest BCUT2D eigenvalue weighted by molar-refractivity contribution is 1.10. The smallest absolute Gasteiger partial charge is 0.00277 e. The van der Waals surface area contributed by atoms with Crippen LogP contribution in [0.2, 0.25) is 0 Å². The minimum absolute atomic E-state index is 1.04. The zero-order valence-electron chi connectivity index (χ0n) is 13.6. The van der Waals surface area contributed by atoms with Gasteiger partial charge in [-0.3, -0.25) is 0 Å². The molecule has 112 valence electrons. The van der Waals surface area contributed by atoms with Crippen molar-refractivity contribution in [3.63, 3.8) is 0 Å². The number of allylic oxidation sites excluding steroid dienone is 4. The fourth-order valence-corrected chi connectivity index (χ4v) is 2.39. The van der Waals surface area contributed by atoms with E-state index in [9.17, 15) is 0 Å². The highest BCUT2D eigenvalue weighted by molar-refractivity contribution is 5.79. The van der Waals surface area contributed by atoms with Gasteiger partial charge in [-0.2, -0.15) is 0 Å². The third kappa shape index (κ3) is 3.98. The molecule has 22 heavy (non-hydrogen) atoms. The van der Waals surface area contributed by atoms with Crippen LogP contribution in [-0.4, -0.2) is 7.05 Å². The first-order valence-electron chi connectivity index (χ1n) is 7.49. The summed E-state index contributed by atoms with van der Waals surface area (Å²) >= 11 is 0. The molecule has 0 amide bonds. The van der Waals surface area contributed by atoms with E-state index in [1.807, 2.05) is 25.4 Å². The Kier molecular flexibility index (Phi) is 5.37. The zero-order chi connectivity index (χ0) is 15.9. The molecule has 2 rings (SSSR count). The van der Waals surface area contributed by atoms with Gasteiger partial charge in [-0.15, -0.1) is 0 Å². The lowest BCUT2D eigenvalue weighted by Gasteiger charge is -2.10. The van der Waals surface area contributed by atoms with Crippen LogP contribution in [0.1, 0.15) is 18.1 Å². The third-order valence-corrected chi connectivity index (χ3v) is 3.61. The number of rotatable bonds is 5. The molecule has 0 spiro atoms. The molecule has 2 aromatic carbocycles. The van der Waals surface area contributed by atoms with Gasteiger partial charge in [-0.1, -0.05) is 55.1 Å². The van der Waals surface area contributed by atoms with Crippen LogP contribution < -0.4 is 5.32 Å². The highest BCUT2D eigenvalue weighted by Crippen LogP contribution is 2.27. The van der Waals surface area contributed by atoms with E-state index in [1.165, 1.54) is 27.8 Å². The lowest BCUT2D eigenvalue weighted by atomic mass is 9.95. The summed E-state index contributed by atoms with van der Waals surface area (Å²) < 4.78 is 0. The van der Waals surface area contributed by atoms with Crippen LogP contribution >= 0.6 is 0 Å². The first-order chi connectivity index (χ1) is 10.6. The van der Waals surface area contributed by atoms with Crippen LogP contribution in [0.4, 0.5) is 0 Å². The third-order valence-electron chi connectivity index (χ3n) is 3.61. The molecule has 0 heterocycles. The maximum Gasteiger partial charge on any atom is 0.00277 e. The van der Waals surface area contributed by atoms with Crippen molar-refractivity contribution >= 4 is 5.57 Å². The summed E-state index contributed by atoms with van der Waals surface area (Å²) in [4.78, 5) is 0. The molecule has 0 aromatic heterocycles. The molecule has 0 fully saturated rings. The Bertz CT molecular complexity index is 706. The van der Waals surface area contributed by atoms with Gasteiger partial charge in [0, 0.05) is 7.05 Å². The van der Waals surface area contributed by atoms with Gasteiger partial charge < -0.3 is 5.32 Å². The van der Waals surface area contributed by atoms with E-state index in [0.717, 1.165) is 5.57 Å². The van der Waals surface area contributed by atoms with Gasteiger partial charge >= 0.3 is 0 Å². The average molecular weight is 289 g/mol. The summed E-state index contributed by atoms with van der Waals surface area (Å²) in [6, 6.07) is 17.0. The Morgan fingerprint density at radius 2 is 1.77 bits per heavy atom. The van der Waals surface area contributed by atoms with Crippen molar-refractivity contribution in [3.05, 3.63) is 90.2 Å². The molecule has 2 aromatic rings. The summed E-state index contributed by atoms with van der Waals surface area (Å²) in [5.74, 6) is 0. The van der Waals surface area contributed by atoms with Crippen molar-refractivity contribution in [2.45, 2.75) is 13.8 Å². The molecule has 0 unspecified atom stereocenters. The van der Waals surface area contributed by atoms with E-state index in [0.29, 0.717) is 0 Å². The lowest BCUT2D eigenvalue weighted by Crippen LogP contribution is -1.91. The Hall–Kier alpha value is -2.54. The van der Waals surface area contributed by atoms with Crippen molar-refractivity contribution < 1.29 is 0 Å². The number of hydrogen-bond acceptors (Lipinski definition) is 1. The zero-order valence-corrected chi connectivity index (χ0v) is 13.6. The Labute approximate surface area is 133 Å². The maximum absolute atomic E-state index is 4.24. The number of aryl methyl sites for hydroxylation is 1. The van der Waals surface area contributed by atoms with Crippen LogP contribution in [0.3, 0.4) is 0 Å². The molecule has 0 bridgehead atoms. The number of hydrogen-bond donors (Lipinski definition) is 1. The van der Waals surface area contributed by atoms with Gasteiger partial charge in [0.1, 0.15) is 0 Å². The van der Waals surface area contributed by atoms with Gasteiger partial charge in [0.25, 0.3) is 0 Å². The molecule has 1 N–H and O–H groups in total. The second-order valence-corrected chi connectivity index (χ2v) is 5.43. The van der Waals surface area contributed by atoms with Crippen molar-refractivity contribution in [1.29, 1.82) is 0 Å². The topological polar surface area (TPSA) is 12.0 Å². The van der Waals surface area contributed by atoms with E-state index in [2.05, 4.69) is 74.3 Å². The highest BCUT2D eigenvalue weighted by atomic mass is 14.8. The van der Waals surface area contributed by atoms with Gasteiger partial charge in [0.05, 0.1) is 0 Å². The van der Waals surface area contributed by atoms with E-state index in [4.69, 9.17) is 0 Å². The minimum Gasteiger partial charge on any atom is -0.394 e. The number of benzene rings is 2. The molecule has 0 saturated carbocycles. The minimum atomic E-state index is 1.04. The average Bonchev–Trinajstić information content (AvgIpc) is 2.54. The molecule has 0 aliphatic carbocycles. The van der Waals surface area contributed by atoms with Crippen LogP contribution in [0.15, 0.2) is 79.0 Å². The second kappa shape index (κ2) is 7.46. The van der Waals surface area contributed by atoms with E-state index < -0.39 is 0 Å². The number of nitrogens with one attached hydrogen (secondary N) is 1. The normalized spacial score (nSPS) is 11.7. The molecule has 0 atom stereocenters. The van der Waals surface area contributed by atoms with Crippen LogP contribution in [0.25, 0.3) is 16.7 Å². The van der Waals surface area contributed by atoms with Gasteiger partial charge in [0.2, 0.25) is 0 Å². The summed E-state index contributed by atoms with van der Waals surface area (Å²) in [7, 11) is 1.89. The Morgan fingerprint density at radius 1 is 1.05 bits per heavy atom. The largest absolute Gasteiger partial charge is 0.394 e. The molecular formula is C21H23N. The Morgan fingerprint density at radius 3 is 2.45 bits per heavy atom. The molecule has 1 nitrogen and oxygen atoms in total. The molecular weight excluding hydrogens is 266 g/mol. The summed E-state index contributed by atoms with van der Waals surface area (Å²) in [6.45, 7) is 8.44. The van der Waals surface area contributed by atoms with Crippen molar-refractivity contribution in [1.82, 2.24) is 5.32 Å². The first-order valence-corrected chi connectivity index (χ1v) is 7.49. The summed E-state index contributed by atoms with van der Waals surface area (Å²) in [5, 5.41) is 3.00. The predicted molar refractivity (Wildman–Crippen MR) is 97.6 cm³/mol. The van der Waals surface area contributed by atoms with Crippen molar-refractivity contribution in [2.75, 3.05) is 7.05 Å². The quantitative estimate of drug-likeness (QED) is 0.731. The van der Waals surface area contributed by atoms with Gasteiger partial charge in [0.15, 0.2) is 0 Å². The van der Waals surface area contributed by atoms with Crippen LogP contribution in [-0.2, 0) is 0 Å². The van der Waals surface area contributed by atoms with E-state index in [1.54, 1.807) is 0 Å². The van der Waals surface area contributed by atoms with E-state index in [-0.39, 0.29) is 0 Å². The van der Waals surface area contributed by atoms with E-state index >= 15 is 0 Å². The van der Waals surface area contributed by atoms with Crippen LogP contribution in [0.5, 0.6) is 0 Å². The van der Waals surface area contributed by atoms with Gasteiger partial charge in [-0.25, -0.2) is 0 Å². The fourth-order valence-electron chi connectivity index (χ4n) is 2.39. The Balaban J connectivity index is 2.35. The first kappa shape index (κ1) is 15.8.